The van der Waals surface area contributed by atoms with Crippen LogP contribution in [-0.4, -0.2) is 18.3 Å². The second-order valence-electron chi connectivity index (χ2n) is 7.95. The smallest absolute Gasteiger partial charge is 0.338 e. The van der Waals surface area contributed by atoms with Crippen molar-refractivity contribution in [3.63, 3.8) is 0 Å². The van der Waals surface area contributed by atoms with Crippen LogP contribution in [-0.2, 0) is 11.2 Å². The van der Waals surface area contributed by atoms with E-state index in [1.54, 1.807) is 0 Å². The summed E-state index contributed by atoms with van der Waals surface area (Å²) >= 11 is 1.99. The van der Waals surface area contributed by atoms with E-state index in [1.165, 1.54) is 33.8 Å². The lowest BCUT2D eigenvalue weighted by atomic mass is 9.88. The molecule has 0 N–H and O–H groups in total. The van der Waals surface area contributed by atoms with E-state index >= 15 is 0 Å². The minimum absolute atomic E-state index is 0.268. The lowest BCUT2D eigenvalue weighted by Gasteiger charge is -2.20. The number of hydrogen-bond donors (Lipinski definition) is 0. The zero-order valence-electron chi connectivity index (χ0n) is 16.7. The highest BCUT2D eigenvalue weighted by Crippen LogP contribution is 2.38. The maximum Gasteiger partial charge on any atom is 0.338 e. The van der Waals surface area contributed by atoms with Gasteiger partial charge >= 0.3 is 5.97 Å². The van der Waals surface area contributed by atoms with Crippen molar-refractivity contribution in [1.29, 1.82) is 0 Å². The van der Waals surface area contributed by atoms with Gasteiger partial charge in [0, 0.05) is 10.6 Å². The highest BCUT2D eigenvalue weighted by Gasteiger charge is 2.23. The summed E-state index contributed by atoms with van der Waals surface area (Å²) in [5, 5.41) is 0. The van der Waals surface area contributed by atoms with Crippen LogP contribution in [0.15, 0.2) is 47.4 Å². The standard InChI is InChI=1S/C24H28O2S/c1-5-26-23(25)19-8-6-18(7-9-19)14-17(2)20-10-11-22-21(15-20)12-13-24(3,4)16-27-22/h6-11,14-15H,5,12-13,16H2,1-4H3. The Bertz CT molecular complexity index is 847. The second kappa shape index (κ2) is 8.35. The second-order valence-corrected chi connectivity index (χ2v) is 8.96. The summed E-state index contributed by atoms with van der Waals surface area (Å²) < 4.78 is 5.04. The number of ether oxygens (including phenoxy) is 1. The molecule has 0 aliphatic carbocycles. The fraction of sp³-hybridized carbons (Fsp3) is 0.375. The number of esters is 1. The molecule has 0 fully saturated rings. The van der Waals surface area contributed by atoms with Crippen LogP contribution < -0.4 is 0 Å². The summed E-state index contributed by atoms with van der Waals surface area (Å²) in [4.78, 5) is 13.2. The van der Waals surface area contributed by atoms with Crippen molar-refractivity contribution in [2.24, 2.45) is 5.41 Å². The lowest BCUT2D eigenvalue weighted by molar-refractivity contribution is 0.0526. The largest absolute Gasteiger partial charge is 0.462 e. The van der Waals surface area contributed by atoms with Crippen LogP contribution in [0.1, 0.15) is 61.2 Å². The van der Waals surface area contributed by atoms with E-state index < -0.39 is 0 Å². The summed E-state index contributed by atoms with van der Waals surface area (Å²) in [7, 11) is 0. The van der Waals surface area contributed by atoms with E-state index in [4.69, 9.17) is 4.74 Å². The Labute approximate surface area is 167 Å². The van der Waals surface area contributed by atoms with Gasteiger partial charge in [-0.3, -0.25) is 0 Å². The number of fused-ring (bicyclic) bond motifs is 1. The molecule has 0 aromatic heterocycles. The maximum atomic E-state index is 11.8. The Morgan fingerprint density at radius 1 is 1.15 bits per heavy atom. The minimum Gasteiger partial charge on any atom is -0.462 e. The van der Waals surface area contributed by atoms with Gasteiger partial charge in [0.15, 0.2) is 0 Å². The fourth-order valence-electron chi connectivity index (χ4n) is 3.24. The summed E-state index contributed by atoms with van der Waals surface area (Å²) in [6.07, 6.45) is 4.55. The molecule has 0 amide bonds. The van der Waals surface area contributed by atoms with Crippen molar-refractivity contribution in [3.05, 3.63) is 64.7 Å². The molecule has 0 spiro atoms. The first-order valence-electron chi connectivity index (χ1n) is 9.59. The molecule has 0 atom stereocenters. The highest BCUT2D eigenvalue weighted by atomic mass is 32.2. The number of hydrogen-bond acceptors (Lipinski definition) is 3. The minimum atomic E-state index is -0.268. The van der Waals surface area contributed by atoms with Gasteiger partial charge in [-0.2, -0.15) is 0 Å². The molecule has 1 aliphatic rings. The van der Waals surface area contributed by atoms with Crippen molar-refractivity contribution in [2.45, 2.75) is 45.4 Å². The van der Waals surface area contributed by atoms with Gasteiger partial charge in [-0.05, 0) is 72.6 Å². The normalized spacial score (nSPS) is 16.4. The van der Waals surface area contributed by atoms with Crippen LogP contribution in [0.25, 0.3) is 11.6 Å². The molecule has 0 saturated carbocycles. The molecule has 0 bridgehead atoms. The van der Waals surface area contributed by atoms with Crippen molar-refractivity contribution in [1.82, 2.24) is 0 Å². The van der Waals surface area contributed by atoms with Gasteiger partial charge in [-0.15, -0.1) is 11.8 Å². The Morgan fingerprint density at radius 2 is 1.85 bits per heavy atom. The van der Waals surface area contributed by atoms with E-state index in [-0.39, 0.29) is 5.97 Å². The van der Waals surface area contributed by atoms with E-state index in [0.29, 0.717) is 17.6 Å². The van der Waals surface area contributed by atoms with E-state index in [2.05, 4.69) is 45.0 Å². The van der Waals surface area contributed by atoms with Crippen LogP contribution in [0.5, 0.6) is 0 Å². The number of carbonyl (C=O) groups excluding carboxylic acids is 1. The first-order valence-corrected chi connectivity index (χ1v) is 10.6. The molecule has 27 heavy (non-hydrogen) atoms. The molecule has 1 aliphatic heterocycles. The Hall–Kier alpha value is -2.00. The molecular formula is C24H28O2S. The van der Waals surface area contributed by atoms with Crippen LogP contribution >= 0.6 is 11.8 Å². The van der Waals surface area contributed by atoms with Crippen LogP contribution in [0, 0.1) is 5.41 Å². The molecule has 0 unspecified atom stereocenters. The third-order valence-electron chi connectivity index (χ3n) is 5.01. The molecular weight excluding hydrogens is 352 g/mol. The van der Waals surface area contributed by atoms with Gasteiger partial charge in [-0.1, -0.05) is 44.2 Å². The summed E-state index contributed by atoms with van der Waals surface area (Å²) in [6, 6.07) is 14.4. The first kappa shape index (κ1) is 19.8. The molecule has 2 nitrogen and oxygen atoms in total. The van der Waals surface area contributed by atoms with Crippen LogP contribution in [0.2, 0.25) is 0 Å². The number of benzene rings is 2. The third kappa shape index (κ3) is 5.04. The number of aryl methyl sites for hydroxylation is 1. The Balaban J connectivity index is 1.79. The molecule has 0 saturated heterocycles. The van der Waals surface area contributed by atoms with Gasteiger partial charge in [0.05, 0.1) is 12.2 Å². The zero-order chi connectivity index (χ0) is 19.4. The predicted octanol–water partition coefficient (Wildman–Crippen LogP) is 6.49. The summed E-state index contributed by atoms with van der Waals surface area (Å²) in [5.74, 6) is 0.914. The third-order valence-corrected chi connectivity index (χ3v) is 6.65. The van der Waals surface area contributed by atoms with Gasteiger partial charge in [0.2, 0.25) is 0 Å². The molecule has 2 aromatic carbocycles. The lowest BCUT2D eigenvalue weighted by Crippen LogP contribution is -2.13. The predicted molar refractivity (Wildman–Crippen MR) is 115 cm³/mol. The van der Waals surface area contributed by atoms with E-state index in [0.717, 1.165) is 12.0 Å². The van der Waals surface area contributed by atoms with Gasteiger partial charge in [0.1, 0.15) is 0 Å². The van der Waals surface area contributed by atoms with Crippen LogP contribution in [0.3, 0.4) is 0 Å². The topological polar surface area (TPSA) is 26.3 Å². The summed E-state index contributed by atoms with van der Waals surface area (Å²) in [5.41, 5.74) is 6.05. The average Bonchev–Trinajstić information content (AvgIpc) is 2.80. The molecule has 0 radical (unpaired) electrons. The van der Waals surface area contributed by atoms with Gasteiger partial charge < -0.3 is 4.74 Å². The molecule has 3 heteroatoms. The van der Waals surface area contributed by atoms with Gasteiger partial charge in [-0.25, -0.2) is 4.79 Å². The molecule has 3 rings (SSSR count). The van der Waals surface area contributed by atoms with E-state index in [1.807, 2.05) is 43.0 Å². The number of allylic oxidation sites excluding steroid dienone is 1. The monoisotopic (exact) mass is 380 g/mol. The van der Waals surface area contributed by atoms with E-state index in [9.17, 15) is 4.79 Å². The Kier molecular flexibility index (Phi) is 6.11. The number of thioether (sulfide) groups is 1. The van der Waals surface area contributed by atoms with Crippen molar-refractivity contribution in [3.8, 4) is 0 Å². The zero-order valence-corrected chi connectivity index (χ0v) is 17.5. The quantitative estimate of drug-likeness (QED) is 0.448. The van der Waals surface area contributed by atoms with Gasteiger partial charge in [0.25, 0.3) is 0 Å². The molecule has 1 heterocycles. The summed E-state index contributed by atoms with van der Waals surface area (Å²) in [6.45, 7) is 9.08. The van der Waals surface area contributed by atoms with Crippen molar-refractivity contribution < 1.29 is 9.53 Å². The SMILES string of the molecule is CCOC(=O)c1ccc(C=C(C)c2ccc3c(c2)CCC(C)(C)CS3)cc1. The highest BCUT2D eigenvalue weighted by molar-refractivity contribution is 7.99. The molecule has 142 valence electrons. The average molecular weight is 381 g/mol. The fourth-order valence-corrected chi connectivity index (χ4v) is 4.44. The maximum absolute atomic E-state index is 11.8. The van der Waals surface area contributed by atoms with Crippen molar-refractivity contribution in [2.75, 3.05) is 12.4 Å². The van der Waals surface area contributed by atoms with Crippen LogP contribution in [0.4, 0.5) is 0 Å². The number of rotatable bonds is 4. The first-order chi connectivity index (χ1) is 12.9. The van der Waals surface area contributed by atoms with Crippen molar-refractivity contribution >= 4 is 29.4 Å². The number of carbonyl (C=O) groups is 1. The molecule has 2 aromatic rings. The Morgan fingerprint density at radius 3 is 2.56 bits per heavy atom.